The normalized spacial score (nSPS) is 15.2. The highest BCUT2D eigenvalue weighted by molar-refractivity contribution is 6.09. The van der Waals surface area contributed by atoms with Gasteiger partial charge < -0.3 is 10.3 Å². The summed E-state index contributed by atoms with van der Waals surface area (Å²) >= 11 is 0. The van der Waals surface area contributed by atoms with E-state index in [1.165, 1.54) is 11.6 Å². The summed E-state index contributed by atoms with van der Waals surface area (Å²) in [5.74, 6) is -0.878. The summed E-state index contributed by atoms with van der Waals surface area (Å²) < 4.78 is 2.51. The van der Waals surface area contributed by atoms with Gasteiger partial charge in [0.15, 0.2) is 0 Å². The van der Waals surface area contributed by atoms with Gasteiger partial charge >= 0.3 is 5.69 Å². The standard InChI is InChI=1S/C26H20N4O3/c1-29-23-21(25(32)30(2)26(29)33)20(19-17-9-5-6-10-18(17)27-24(19)31)22(28-23)16-12-11-14-7-3-4-8-15(14)13-16/h3-13,19,28H,1-2H3,(H,27,31). The fraction of sp³-hybridized carbons (Fsp3) is 0.115. The Morgan fingerprint density at radius 2 is 1.55 bits per heavy atom. The first-order valence-corrected chi connectivity index (χ1v) is 10.7. The molecule has 1 amide bonds. The van der Waals surface area contributed by atoms with E-state index >= 15 is 0 Å². The minimum absolute atomic E-state index is 0.199. The summed E-state index contributed by atoms with van der Waals surface area (Å²) in [7, 11) is 3.08. The molecule has 7 nitrogen and oxygen atoms in total. The molecule has 0 aliphatic carbocycles. The predicted octanol–water partition coefficient (Wildman–Crippen LogP) is 3.47. The van der Waals surface area contributed by atoms with Crippen molar-refractivity contribution in [2.24, 2.45) is 14.1 Å². The molecule has 0 saturated carbocycles. The lowest BCUT2D eigenvalue weighted by molar-refractivity contribution is -0.116. The summed E-state index contributed by atoms with van der Waals surface area (Å²) in [6.07, 6.45) is 0. The van der Waals surface area contributed by atoms with Crippen LogP contribution in [0.5, 0.6) is 0 Å². The molecule has 6 rings (SSSR count). The Labute approximate surface area is 187 Å². The molecule has 162 valence electrons. The Morgan fingerprint density at radius 1 is 0.818 bits per heavy atom. The number of rotatable bonds is 2. The highest BCUT2D eigenvalue weighted by Crippen LogP contribution is 2.43. The molecule has 2 N–H and O–H groups in total. The van der Waals surface area contributed by atoms with Crippen molar-refractivity contribution in [3.05, 3.63) is 98.7 Å². The van der Waals surface area contributed by atoms with Crippen LogP contribution in [0, 0.1) is 0 Å². The molecule has 5 aromatic rings. The number of H-pyrrole nitrogens is 1. The van der Waals surface area contributed by atoms with E-state index in [0.29, 0.717) is 22.3 Å². The van der Waals surface area contributed by atoms with Crippen LogP contribution in [0.4, 0.5) is 5.69 Å². The smallest absolute Gasteiger partial charge is 0.332 e. The molecule has 0 radical (unpaired) electrons. The van der Waals surface area contributed by atoms with Gasteiger partial charge in [-0.1, -0.05) is 54.6 Å². The number of amides is 1. The number of aryl methyl sites for hydroxylation is 1. The van der Waals surface area contributed by atoms with E-state index in [1.54, 1.807) is 7.05 Å². The molecule has 3 heterocycles. The molecule has 7 heteroatoms. The van der Waals surface area contributed by atoms with Gasteiger partial charge in [0.2, 0.25) is 5.91 Å². The van der Waals surface area contributed by atoms with Crippen molar-refractivity contribution in [3.63, 3.8) is 0 Å². The molecule has 0 saturated heterocycles. The largest absolute Gasteiger partial charge is 0.340 e. The first-order chi connectivity index (χ1) is 16.0. The number of carbonyl (C=O) groups excluding carboxylic acids is 1. The van der Waals surface area contributed by atoms with Crippen molar-refractivity contribution in [2.75, 3.05) is 5.32 Å². The van der Waals surface area contributed by atoms with Gasteiger partial charge in [0, 0.05) is 25.3 Å². The Kier molecular flexibility index (Phi) is 3.98. The van der Waals surface area contributed by atoms with Crippen molar-refractivity contribution < 1.29 is 4.79 Å². The van der Waals surface area contributed by atoms with E-state index < -0.39 is 17.2 Å². The third-order valence-electron chi connectivity index (χ3n) is 6.57. The average molecular weight is 436 g/mol. The molecule has 2 aromatic heterocycles. The van der Waals surface area contributed by atoms with Gasteiger partial charge in [0.25, 0.3) is 5.56 Å². The molecule has 1 unspecified atom stereocenters. The number of para-hydroxylation sites is 1. The molecule has 0 spiro atoms. The van der Waals surface area contributed by atoms with Gasteiger partial charge in [-0.2, -0.15) is 0 Å². The van der Waals surface area contributed by atoms with E-state index in [0.717, 1.165) is 32.2 Å². The average Bonchev–Trinajstić information content (AvgIpc) is 3.38. The van der Waals surface area contributed by atoms with Crippen LogP contribution in [0.25, 0.3) is 33.1 Å². The maximum absolute atomic E-state index is 13.4. The third kappa shape index (κ3) is 2.65. The van der Waals surface area contributed by atoms with Gasteiger partial charge in [-0.25, -0.2) is 4.79 Å². The molecule has 0 bridgehead atoms. The van der Waals surface area contributed by atoms with Crippen LogP contribution in [-0.4, -0.2) is 20.0 Å². The second-order valence-electron chi connectivity index (χ2n) is 8.41. The van der Waals surface area contributed by atoms with Crippen molar-refractivity contribution in [1.29, 1.82) is 0 Å². The number of fused-ring (bicyclic) bond motifs is 3. The zero-order valence-corrected chi connectivity index (χ0v) is 18.0. The SMILES string of the molecule is Cn1c(=O)c2c(C3C(=O)Nc4ccccc43)c(-c3ccc4ccccc4c3)[nH]c2n(C)c1=O. The predicted molar refractivity (Wildman–Crippen MR) is 129 cm³/mol. The van der Waals surface area contributed by atoms with Crippen molar-refractivity contribution in [2.45, 2.75) is 5.92 Å². The summed E-state index contributed by atoms with van der Waals surface area (Å²) in [5, 5.41) is 5.41. The lowest BCUT2D eigenvalue weighted by Crippen LogP contribution is -2.37. The zero-order valence-electron chi connectivity index (χ0n) is 18.0. The second-order valence-corrected chi connectivity index (χ2v) is 8.41. The van der Waals surface area contributed by atoms with Crippen molar-refractivity contribution in [3.8, 4) is 11.3 Å². The number of nitrogens with one attached hydrogen (secondary N) is 2. The number of aromatic nitrogens is 3. The first kappa shape index (κ1) is 19.3. The molecule has 1 aliphatic rings. The number of aromatic amines is 1. The Morgan fingerprint density at radius 3 is 2.36 bits per heavy atom. The summed E-state index contributed by atoms with van der Waals surface area (Å²) in [4.78, 5) is 42.5. The Bertz CT molecular complexity index is 1740. The van der Waals surface area contributed by atoms with Gasteiger partial charge in [0.05, 0.1) is 17.0 Å². The summed E-state index contributed by atoms with van der Waals surface area (Å²) in [6.45, 7) is 0. The number of anilines is 1. The van der Waals surface area contributed by atoms with Crippen molar-refractivity contribution >= 4 is 33.4 Å². The number of nitrogens with zero attached hydrogens (tertiary/aromatic N) is 2. The van der Waals surface area contributed by atoms with Crippen LogP contribution in [-0.2, 0) is 18.9 Å². The number of hydrogen-bond donors (Lipinski definition) is 2. The van der Waals surface area contributed by atoms with E-state index in [2.05, 4.69) is 10.3 Å². The Hall–Kier alpha value is -4.39. The van der Waals surface area contributed by atoms with Gasteiger partial charge in [-0.3, -0.25) is 18.7 Å². The number of benzene rings is 3. The van der Waals surface area contributed by atoms with Crippen LogP contribution in [0.15, 0.2) is 76.3 Å². The van der Waals surface area contributed by atoms with E-state index in [1.807, 2.05) is 66.7 Å². The first-order valence-electron chi connectivity index (χ1n) is 10.7. The maximum Gasteiger partial charge on any atom is 0.332 e. The highest BCUT2D eigenvalue weighted by atomic mass is 16.2. The highest BCUT2D eigenvalue weighted by Gasteiger charge is 2.37. The van der Waals surface area contributed by atoms with Gasteiger partial charge in [-0.05, 0) is 34.0 Å². The molecular weight excluding hydrogens is 416 g/mol. The second kappa shape index (κ2) is 6.80. The molecule has 33 heavy (non-hydrogen) atoms. The number of carbonyl (C=O) groups is 1. The molecule has 1 aliphatic heterocycles. The molecule has 0 fully saturated rings. The summed E-state index contributed by atoms with van der Waals surface area (Å²) in [6, 6.07) is 21.5. The van der Waals surface area contributed by atoms with Gasteiger partial charge in [-0.15, -0.1) is 0 Å². The lowest BCUT2D eigenvalue weighted by Gasteiger charge is -2.12. The fourth-order valence-corrected chi connectivity index (χ4v) is 4.90. The van der Waals surface area contributed by atoms with E-state index in [-0.39, 0.29) is 5.91 Å². The monoisotopic (exact) mass is 436 g/mol. The topological polar surface area (TPSA) is 88.9 Å². The zero-order chi connectivity index (χ0) is 22.9. The molecule has 1 atom stereocenters. The van der Waals surface area contributed by atoms with Crippen LogP contribution in [0.2, 0.25) is 0 Å². The van der Waals surface area contributed by atoms with Crippen LogP contribution in [0.3, 0.4) is 0 Å². The van der Waals surface area contributed by atoms with Crippen molar-refractivity contribution in [1.82, 2.24) is 14.1 Å². The quantitative estimate of drug-likeness (QED) is 0.444. The Balaban J connectivity index is 1.76. The van der Waals surface area contributed by atoms with E-state index in [4.69, 9.17) is 0 Å². The fourth-order valence-electron chi connectivity index (χ4n) is 4.90. The summed E-state index contributed by atoms with van der Waals surface area (Å²) in [5.41, 5.74) is 3.16. The van der Waals surface area contributed by atoms with Crippen LogP contribution < -0.4 is 16.6 Å². The maximum atomic E-state index is 13.4. The number of hydrogen-bond acceptors (Lipinski definition) is 3. The van der Waals surface area contributed by atoms with Crippen LogP contribution in [0.1, 0.15) is 17.0 Å². The van der Waals surface area contributed by atoms with Gasteiger partial charge in [0.1, 0.15) is 5.65 Å². The minimum Gasteiger partial charge on any atom is -0.340 e. The minimum atomic E-state index is -0.679. The van der Waals surface area contributed by atoms with Crippen LogP contribution >= 0.6 is 0 Å². The third-order valence-corrected chi connectivity index (χ3v) is 6.57. The molecule has 3 aromatic carbocycles. The molecular formula is C26H20N4O3. The van der Waals surface area contributed by atoms with E-state index in [9.17, 15) is 14.4 Å². The lowest BCUT2D eigenvalue weighted by atomic mass is 9.88.